The monoisotopic (exact) mass is 359 g/mol. The van der Waals surface area contributed by atoms with Crippen LogP contribution in [0.5, 0.6) is 0 Å². The summed E-state index contributed by atoms with van der Waals surface area (Å²) in [7, 11) is 0. The van der Waals surface area contributed by atoms with Crippen LogP contribution in [0.15, 0.2) is 65.6 Å². The number of rotatable bonds is 5. The molecule has 0 spiro atoms. The first-order valence-electron chi connectivity index (χ1n) is 7.51. The van der Waals surface area contributed by atoms with Crippen molar-refractivity contribution in [3.8, 4) is 5.69 Å². The maximum Gasteiger partial charge on any atom is 0.288 e. The van der Waals surface area contributed by atoms with Crippen molar-refractivity contribution in [2.24, 2.45) is 0 Å². The van der Waals surface area contributed by atoms with Gasteiger partial charge in [-0.2, -0.15) is 13.9 Å². The van der Waals surface area contributed by atoms with Crippen LogP contribution in [0.3, 0.4) is 0 Å². The minimum absolute atomic E-state index is 0.285. The third kappa shape index (κ3) is 4.24. The van der Waals surface area contributed by atoms with Crippen LogP contribution < -0.4 is 5.32 Å². The highest BCUT2D eigenvalue weighted by Gasteiger charge is 2.14. The van der Waals surface area contributed by atoms with Crippen molar-refractivity contribution < 1.29 is 13.6 Å². The molecule has 7 heteroatoms. The van der Waals surface area contributed by atoms with Crippen molar-refractivity contribution in [1.82, 2.24) is 9.78 Å². The van der Waals surface area contributed by atoms with Gasteiger partial charge >= 0.3 is 0 Å². The Hall–Kier alpha value is -2.67. The molecule has 3 rings (SSSR count). The fourth-order valence-electron chi connectivity index (χ4n) is 2.33. The summed E-state index contributed by atoms with van der Waals surface area (Å²) in [6.07, 6.45) is 0. The number of halogens is 2. The molecule has 0 radical (unpaired) electrons. The largest absolute Gasteiger partial charge is 0.321 e. The highest BCUT2D eigenvalue weighted by molar-refractivity contribution is 7.99. The summed E-state index contributed by atoms with van der Waals surface area (Å²) in [5.41, 5.74) is 2.51. The summed E-state index contributed by atoms with van der Waals surface area (Å²) < 4.78 is 26.3. The molecule has 1 heterocycles. The Morgan fingerprint density at radius 3 is 2.44 bits per heavy atom. The lowest BCUT2D eigenvalue weighted by Gasteiger charge is -2.05. The van der Waals surface area contributed by atoms with E-state index in [0.29, 0.717) is 22.3 Å². The lowest BCUT2D eigenvalue weighted by Crippen LogP contribution is -2.13. The number of aromatic nitrogens is 2. The van der Waals surface area contributed by atoms with Crippen molar-refractivity contribution in [2.45, 2.75) is 17.6 Å². The van der Waals surface area contributed by atoms with E-state index in [4.69, 9.17) is 0 Å². The zero-order chi connectivity index (χ0) is 17.8. The molecule has 0 saturated carbocycles. The minimum Gasteiger partial charge on any atom is -0.321 e. The van der Waals surface area contributed by atoms with E-state index in [2.05, 4.69) is 10.4 Å². The van der Waals surface area contributed by atoms with Gasteiger partial charge in [0.15, 0.2) is 5.69 Å². The van der Waals surface area contributed by atoms with Gasteiger partial charge in [-0.05, 0) is 49.4 Å². The second-order valence-corrected chi connectivity index (χ2v) is 6.34. The van der Waals surface area contributed by atoms with Crippen LogP contribution in [0.25, 0.3) is 5.69 Å². The Bertz CT molecular complexity index is 864. The van der Waals surface area contributed by atoms with Gasteiger partial charge in [0.2, 0.25) is 0 Å². The molecule has 3 aromatic rings. The number of nitrogens with one attached hydrogen (secondary N) is 1. The second-order valence-electron chi connectivity index (χ2n) is 5.28. The maximum absolute atomic E-state index is 12.4. The predicted octanol–water partition coefficient (Wildman–Crippen LogP) is 4.75. The number of carbonyl (C=O) groups is 1. The number of thioether (sulfide) groups is 1. The van der Waals surface area contributed by atoms with Crippen molar-refractivity contribution in [2.75, 3.05) is 5.32 Å². The Morgan fingerprint density at radius 2 is 1.80 bits per heavy atom. The molecule has 0 unspecified atom stereocenters. The average molecular weight is 359 g/mol. The summed E-state index contributed by atoms with van der Waals surface area (Å²) in [6.45, 7) is 1.87. The molecule has 25 heavy (non-hydrogen) atoms. The Labute approximate surface area is 147 Å². The van der Waals surface area contributed by atoms with E-state index in [9.17, 15) is 13.6 Å². The quantitative estimate of drug-likeness (QED) is 0.669. The first-order chi connectivity index (χ1) is 12.0. The third-order valence-corrected chi connectivity index (χ3v) is 4.18. The predicted molar refractivity (Wildman–Crippen MR) is 94.6 cm³/mol. The number of carbonyl (C=O) groups excluding carboxylic acids is 1. The number of nitrogens with zero attached hydrogens (tertiary/aromatic N) is 2. The minimum atomic E-state index is -2.47. The van der Waals surface area contributed by atoms with Gasteiger partial charge in [-0.25, -0.2) is 4.68 Å². The first kappa shape index (κ1) is 17.2. The smallest absolute Gasteiger partial charge is 0.288 e. The van der Waals surface area contributed by atoms with Gasteiger partial charge in [0, 0.05) is 16.3 Å². The number of amides is 1. The fourth-order valence-corrected chi connectivity index (χ4v) is 2.83. The Balaban J connectivity index is 1.74. The van der Waals surface area contributed by atoms with E-state index in [1.165, 1.54) is 0 Å². The molecule has 0 aliphatic heterocycles. The second kappa shape index (κ2) is 7.48. The van der Waals surface area contributed by atoms with Crippen LogP contribution in [0.4, 0.5) is 14.5 Å². The molecule has 0 fully saturated rings. The van der Waals surface area contributed by atoms with Crippen molar-refractivity contribution in [1.29, 1.82) is 0 Å². The summed E-state index contributed by atoms with van der Waals surface area (Å²) in [4.78, 5) is 12.8. The molecule has 0 aliphatic rings. The lowest BCUT2D eigenvalue weighted by atomic mass is 10.3. The molecule has 0 aliphatic carbocycles. The molecule has 1 N–H and O–H groups in total. The fraction of sp³-hybridized carbons (Fsp3) is 0.111. The normalized spacial score (nSPS) is 10.9. The van der Waals surface area contributed by atoms with Crippen molar-refractivity contribution in [3.63, 3.8) is 0 Å². The van der Waals surface area contributed by atoms with E-state index >= 15 is 0 Å². The lowest BCUT2D eigenvalue weighted by molar-refractivity contribution is 0.102. The van der Waals surface area contributed by atoms with Crippen LogP contribution in [0.1, 0.15) is 16.2 Å². The molecule has 4 nitrogen and oxygen atoms in total. The van der Waals surface area contributed by atoms with Gasteiger partial charge in [0.25, 0.3) is 11.7 Å². The summed E-state index contributed by atoms with van der Waals surface area (Å²) in [5.74, 6) is -2.82. The van der Waals surface area contributed by atoms with Gasteiger partial charge in [-0.1, -0.05) is 30.0 Å². The SMILES string of the molecule is Cc1cc(C(=O)Nc2ccc(SC(F)F)cc2)nn1-c1ccccc1. The van der Waals surface area contributed by atoms with Gasteiger partial charge in [0.1, 0.15) is 0 Å². The number of anilines is 1. The van der Waals surface area contributed by atoms with Crippen LogP contribution in [-0.4, -0.2) is 21.4 Å². The molecule has 0 bridgehead atoms. The van der Waals surface area contributed by atoms with E-state index in [1.807, 2.05) is 37.3 Å². The maximum atomic E-state index is 12.4. The summed E-state index contributed by atoms with van der Waals surface area (Å²) >= 11 is 0.464. The van der Waals surface area contributed by atoms with Crippen LogP contribution in [0.2, 0.25) is 0 Å². The van der Waals surface area contributed by atoms with E-state index in [-0.39, 0.29) is 11.6 Å². The highest BCUT2D eigenvalue weighted by Crippen LogP contribution is 2.26. The van der Waals surface area contributed by atoms with Crippen molar-refractivity contribution in [3.05, 3.63) is 72.1 Å². The molecule has 0 saturated heterocycles. The number of hydrogen-bond donors (Lipinski definition) is 1. The van der Waals surface area contributed by atoms with Gasteiger partial charge in [0.05, 0.1) is 5.69 Å². The van der Waals surface area contributed by atoms with E-state index in [1.54, 1.807) is 35.0 Å². The molecule has 2 aromatic carbocycles. The zero-order valence-electron chi connectivity index (χ0n) is 13.3. The van der Waals surface area contributed by atoms with Gasteiger partial charge in [-0.15, -0.1) is 0 Å². The molecular weight excluding hydrogens is 344 g/mol. The molecule has 0 atom stereocenters. The zero-order valence-corrected chi connectivity index (χ0v) is 14.1. The molecule has 1 amide bonds. The highest BCUT2D eigenvalue weighted by atomic mass is 32.2. The average Bonchev–Trinajstić information content (AvgIpc) is 2.99. The molecular formula is C18H15F2N3OS. The molecule has 128 valence electrons. The third-order valence-electron chi connectivity index (χ3n) is 3.46. The van der Waals surface area contributed by atoms with E-state index in [0.717, 1.165) is 11.4 Å². The standard InChI is InChI=1S/C18H15F2N3OS/c1-12-11-16(22-23(12)14-5-3-2-4-6-14)17(24)21-13-7-9-15(10-8-13)25-18(19)20/h2-11,18H,1H3,(H,21,24). The Morgan fingerprint density at radius 1 is 1.12 bits per heavy atom. The van der Waals surface area contributed by atoms with Crippen molar-refractivity contribution >= 4 is 23.4 Å². The van der Waals surface area contributed by atoms with Crippen LogP contribution in [0, 0.1) is 6.92 Å². The Kier molecular flexibility index (Phi) is 5.14. The summed E-state index contributed by atoms with van der Waals surface area (Å²) in [5, 5.41) is 7.05. The van der Waals surface area contributed by atoms with Crippen LogP contribution in [-0.2, 0) is 0 Å². The summed E-state index contributed by atoms with van der Waals surface area (Å²) in [6, 6.07) is 17.5. The van der Waals surface area contributed by atoms with Crippen LogP contribution >= 0.6 is 11.8 Å². The number of alkyl halides is 2. The molecule has 1 aromatic heterocycles. The van der Waals surface area contributed by atoms with Gasteiger partial charge < -0.3 is 5.32 Å². The number of benzene rings is 2. The number of aryl methyl sites for hydroxylation is 1. The van der Waals surface area contributed by atoms with E-state index < -0.39 is 5.76 Å². The number of hydrogen-bond acceptors (Lipinski definition) is 3. The first-order valence-corrected chi connectivity index (χ1v) is 8.39. The topological polar surface area (TPSA) is 46.9 Å². The number of para-hydroxylation sites is 1. The van der Waals surface area contributed by atoms with Gasteiger partial charge in [-0.3, -0.25) is 4.79 Å².